The summed E-state index contributed by atoms with van der Waals surface area (Å²) in [6.45, 7) is 4.25. The van der Waals surface area contributed by atoms with E-state index in [0.717, 1.165) is 22.6 Å². The number of nitrogens with zero attached hydrogens (tertiary/aromatic N) is 1. The van der Waals surface area contributed by atoms with Crippen LogP contribution < -0.4 is 26.6 Å². The van der Waals surface area contributed by atoms with Crippen LogP contribution in [0.5, 0.6) is 0 Å². The number of aryl methyl sites for hydroxylation is 2. The van der Waals surface area contributed by atoms with Crippen LogP contribution in [0, 0.1) is 19.3 Å². The largest absolute Gasteiger partial charge is 0.381 e. The molecule has 3 aromatic rings. The highest BCUT2D eigenvalue weighted by molar-refractivity contribution is 7.92. The number of Topliss-reactive ketones (excluding diaryl/α,β-unsaturated/α-hetero) is 2. The predicted octanol–water partition coefficient (Wildman–Crippen LogP) is 2.13. The first-order chi connectivity index (χ1) is 18.0. The Hall–Kier alpha value is -3.79. The summed E-state index contributed by atoms with van der Waals surface area (Å²) in [6.07, 6.45) is 0.420. The number of nitrogens with two attached hydrogens (primary N) is 1. The first kappa shape index (κ1) is 28.8. The van der Waals surface area contributed by atoms with Crippen LogP contribution in [0.4, 0.5) is 11.4 Å². The van der Waals surface area contributed by atoms with Crippen LogP contribution in [-0.4, -0.2) is 48.9 Å². The van der Waals surface area contributed by atoms with Gasteiger partial charge in [-0.15, -0.1) is 11.3 Å². The maximum absolute atomic E-state index is 13.1. The molecule has 15 heteroatoms. The summed E-state index contributed by atoms with van der Waals surface area (Å²) in [7, 11) is -4.11. The molecular weight excluding hydrogens is 534 g/mol. The van der Waals surface area contributed by atoms with Crippen molar-refractivity contribution >= 4 is 50.3 Å². The van der Waals surface area contributed by atoms with Gasteiger partial charge in [0.2, 0.25) is 11.6 Å². The molecule has 0 aliphatic heterocycles. The quantitative estimate of drug-likeness (QED) is 0.0377. The monoisotopic (exact) mass is 563 g/mol. The minimum absolute atomic E-state index is 0.0441. The van der Waals surface area contributed by atoms with Gasteiger partial charge in [-0.3, -0.25) is 19.7 Å². The molecule has 38 heavy (non-hydrogen) atoms. The van der Waals surface area contributed by atoms with Gasteiger partial charge in [0.15, 0.2) is 5.96 Å². The minimum Gasteiger partial charge on any atom is -0.381 e. The fourth-order valence-electron chi connectivity index (χ4n) is 3.54. The van der Waals surface area contributed by atoms with Crippen molar-refractivity contribution in [2.24, 2.45) is 5.73 Å². The summed E-state index contributed by atoms with van der Waals surface area (Å²) in [5, 5.41) is 27.6. The van der Waals surface area contributed by atoms with Crippen LogP contribution in [0.2, 0.25) is 0 Å². The average molecular weight is 564 g/mol. The summed E-state index contributed by atoms with van der Waals surface area (Å²) in [5.41, 5.74) is 9.13. The molecule has 0 aliphatic rings. The lowest BCUT2D eigenvalue weighted by molar-refractivity contribution is -0.119. The topological polar surface area (TPSA) is 213 Å². The second-order valence-corrected chi connectivity index (χ2v) is 10.9. The second-order valence-electron chi connectivity index (χ2n) is 8.31. The predicted molar refractivity (Wildman–Crippen MR) is 142 cm³/mol. The molecule has 1 aromatic carbocycles. The number of guanidine groups is 1. The van der Waals surface area contributed by atoms with Crippen LogP contribution >= 0.6 is 11.3 Å². The Kier molecular flexibility index (Phi) is 9.57. The number of nitrogens with one attached hydrogen (secondary N) is 5. The van der Waals surface area contributed by atoms with E-state index in [1.807, 2.05) is 12.4 Å². The molecule has 0 saturated carbocycles. The van der Waals surface area contributed by atoms with Gasteiger partial charge in [0.1, 0.15) is 10.6 Å². The van der Waals surface area contributed by atoms with Crippen molar-refractivity contribution in [1.82, 2.24) is 16.0 Å². The van der Waals surface area contributed by atoms with E-state index in [2.05, 4.69) is 20.5 Å². The van der Waals surface area contributed by atoms with E-state index in [1.165, 1.54) is 23.6 Å². The number of hydroxylamine groups is 1. The Labute approximate surface area is 223 Å². The van der Waals surface area contributed by atoms with Crippen LogP contribution in [-0.2, 0) is 21.4 Å². The van der Waals surface area contributed by atoms with Crippen molar-refractivity contribution in [3.8, 4) is 0 Å². The van der Waals surface area contributed by atoms with Gasteiger partial charge in [0.05, 0.1) is 22.3 Å². The lowest BCUT2D eigenvalue weighted by Gasteiger charge is -2.14. The molecule has 1 atom stereocenters. The van der Waals surface area contributed by atoms with Gasteiger partial charge in [-0.1, -0.05) is 11.2 Å². The first-order valence-electron chi connectivity index (χ1n) is 11.5. The van der Waals surface area contributed by atoms with Gasteiger partial charge in [-0.05, 0) is 56.3 Å². The second kappa shape index (κ2) is 12.6. The molecule has 8 N–H and O–H groups in total. The molecule has 0 unspecified atom stereocenters. The van der Waals surface area contributed by atoms with Crippen molar-refractivity contribution < 1.29 is 27.7 Å². The fraction of sp³-hybridized carbons (Fsp3) is 0.304. The van der Waals surface area contributed by atoms with Gasteiger partial charge in [-0.25, -0.2) is 8.42 Å². The summed E-state index contributed by atoms with van der Waals surface area (Å²) in [6, 6.07) is 6.32. The summed E-state index contributed by atoms with van der Waals surface area (Å²) >= 11 is 0.904. The molecule has 3 rings (SSSR count). The van der Waals surface area contributed by atoms with Crippen LogP contribution in [0.3, 0.4) is 0 Å². The Morgan fingerprint density at radius 1 is 1.26 bits per heavy atom. The Morgan fingerprint density at radius 3 is 2.68 bits per heavy atom. The molecule has 0 aliphatic carbocycles. The van der Waals surface area contributed by atoms with Crippen molar-refractivity contribution in [2.75, 3.05) is 16.6 Å². The molecule has 13 nitrogen and oxygen atoms in total. The van der Waals surface area contributed by atoms with Crippen molar-refractivity contribution in [2.45, 2.75) is 44.2 Å². The first-order valence-corrected chi connectivity index (χ1v) is 13.8. The Balaban J connectivity index is 1.70. The number of sulfonamides is 1. The number of hydrogen-bond donors (Lipinski definition) is 7. The van der Waals surface area contributed by atoms with Crippen molar-refractivity contribution in [3.63, 3.8) is 0 Å². The Morgan fingerprint density at radius 2 is 2.03 bits per heavy atom. The lowest BCUT2D eigenvalue weighted by Crippen LogP contribution is -2.40. The highest BCUT2D eigenvalue weighted by atomic mass is 32.2. The number of carbonyl (C=O) groups is 2. The maximum Gasteiger partial charge on any atom is 0.262 e. The van der Waals surface area contributed by atoms with Crippen LogP contribution in [0.1, 0.15) is 39.5 Å². The molecule has 2 aromatic heterocycles. The maximum atomic E-state index is 13.1. The van der Waals surface area contributed by atoms with E-state index >= 15 is 0 Å². The van der Waals surface area contributed by atoms with E-state index < -0.39 is 27.6 Å². The highest BCUT2D eigenvalue weighted by Gasteiger charge is 2.29. The third-order valence-electron chi connectivity index (χ3n) is 5.59. The van der Waals surface area contributed by atoms with E-state index in [0.29, 0.717) is 24.4 Å². The van der Waals surface area contributed by atoms with Crippen molar-refractivity contribution in [1.29, 1.82) is 5.41 Å². The van der Waals surface area contributed by atoms with E-state index in [-0.39, 0.29) is 34.4 Å². The molecule has 0 radical (unpaired) electrons. The number of aromatic nitrogens is 1. The zero-order valence-electron chi connectivity index (χ0n) is 20.7. The average Bonchev–Trinajstić information content (AvgIpc) is 3.47. The highest BCUT2D eigenvalue weighted by Crippen LogP contribution is 2.27. The van der Waals surface area contributed by atoms with E-state index in [4.69, 9.17) is 15.7 Å². The van der Waals surface area contributed by atoms with E-state index in [1.54, 1.807) is 19.1 Å². The number of thiophene rings is 1. The molecule has 0 bridgehead atoms. The number of anilines is 2. The molecule has 2 heterocycles. The minimum atomic E-state index is -4.11. The van der Waals surface area contributed by atoms with Gasteiger partial charge < -0.3 is 26.1 Å². The van der Waals surface area contributed by atoms with Crippen LogP contribution in [0.25, 0.3) is 0 Å². The van der Waals surface area contributed by atoms with Crippen molar-refractivity contribution in [3.05, 3.63) is 57.6 Å². The molecule has 0 saturated heterocycles. The standard InChI is InChI=1S/C23H29N7O6S2/c1-13-17(14(2)36-29-13)12-27-15-5-3-6-16(11-15)38(34,35)30-19-8-10-37-22(19)21(32)20(31)18(28-33)7-4-9-26-23(24)25/h3,5-6,8,10-11,18,27-28,30,33H,4,7,9,12H2,1-2H3,(H4,24,25,26)/t18-/m0/s1. The molecule has 204 valence electrons. The third-order valence-corrected chi connectivity index (χ3v) is 7.87. The third kappa shape index (κ3) is 7.16. The summed E-state index contributed by atoms with van der Waals surface area (Å²) in [5.74, 6) is -1.45. The number of rotatable bonds is 14. The van der Waals surface area contributed by atoms with Gasteiger partial charge in [0, 0.05) is 24.3 Å². The molecule has 0 amide bonds. The fourth-order valence-corrected chi connectivity index (χ4v) is 5.52. The number of ketones is 2. The Bertz CT molecular complexity index is 1400. The van der Waals surface area contributed by atoms with E-state index in [9.17, 15) is 23.2 Å². The summed E-state index contributed by atoms with van der Waals surface area (Å²) in [4.78, 5) is 25.4. The summed E-state index contributed by atoms with van der Waals surface area (Å²) < 4.78 is 33.8. The SMILES string of the molecule is Cc1noc(C)c1CNc1cccc(S(=O)(=O)Nc2ccsc2C(=O)C(=O)[C@H](CCCNC(=N)N)NO)c1. The number of carbonyl (C=O) groups excluding carboxylic acids is 2. The zero-order chi connectivity index (χ0) is 27.9. The zero-order valence-corrected chi connectivity index (χ0v) is 22.3. The number of benzene rings is 1. The van der Waals surface area contributed by atoms with Gasteiger partial charge >= 0.3 is 0 Å². The van der Waals surface area contributed by atoms with Crippen LogP contribution in [0.15, 0.2) is 45.1 Å². The lowest BCUT2D eigenvalue weighted by atomic mass is 10.0. The number of hydrogen-bond acceptors (Lipinski definition) is 11. The molecule has 0 fully saturated rings. The van der Waals surface area contributed by atoms with Gasteiger partial charge in [-0.2, -0.15) is 5.48 Å². The molecular formula is C23H29N7O6S2. The molecule has 0 spiro atoms. The smallest absolute Gasteiger partial charge is 0.262 e. The normalized spacial score (nSPS) is 12.1. The van der Waals surface area contributed by atoms with Gasteiger partial charge in [0.25, 0.3) is 10.0 Å².